The van der Waals surface area contributed by atoms with E-state index in [1.54, 1.807) is 26.8 Å². The summed E-state index contributed by atoms with van der Waals surface area (Å²) < 4.78 is 20.4. The third kappa shape index (κ3) is 8.97. The zero-order valence-electron chi connectivity index (χ0n) is 27.4. The summed E-state index contributed by atoms with van der Waals surface area (Å²) in [5, 5.41) is 12.6. The van der Waals surface area contributed by atoms with Crippen molar-refractivity contribution < 1.29 is 23.6 Å². The van der Waals surface area contributed by atoms with Crippen molar-refractivity contribution in [2.45, 2.75) is 98.8 Å². The fourth-order valence-electron chi connectivity index (χ4n) is 4.62. The smallest absolute Gasteiger partial charge is 0.419 e. The Morgan fingerprint density at radius 2 is 1.72 bits per heavy atom. The highest BCUT2D eigenvalue weighted by atomic mass is 28.3. The van der Waals surface area contributed by atoms with E-state index in [4.69, 9.17) is 13.9 Å². The van der Waals surface area contributed by atoms with Crippen molar-refractivity contribution in [1.29, 1.82) is 0 Å². The van der Waals surface area contributed by atoms with E-state index in [0.717, 1.165) is 11.6 Å². The number of nitro groups is 1. The second-order valence-electron chi connectivity index (χ2n) is 14.4. The molecule has 2 heterocycles. The molecule has 235 valence electrons. The molecule has 0 saturated heterocycles. The standard InChI is InChI=1S/C31H46N3O7Si2/c1-30(2,3)27(41-42(7)8)21-12-13-25-22(16-21)17-26(33(25)29(36)40-31(4,5)6)24-18-23(34(37)38)19-32(28(24)35)20-39-14-15-43(9,10)11/h12-13,16-19,27H,14-15,20H2,1-11H3. The first-order valence-electron chi connectivity index (χ1n) is 14.5. The molecule has 0 fully saturated rings. The molecule has 2 aromatic heterocycles. The molecule has 1 aromatic carbocycles. The molecule has 0 N–H and O–H groups in total. The van der Waals surface area contributed by atoms with E-state index < -0.39 is 39.3 Å². The number of ether oxygens (including phenoxy) is 2. The summed E-state index contributed by atoms with van der Waals surface area (Å²) in [4.78, 5) is 38.8. The third-order valence-electron chi connectivity index (χ3n) is 6.63. The monoisotopic (exact) mass is 628 g/mol. The molecular weight excluding hydrogens is 583 g/mol. The van der Waals surface area contributed by atoms with Gasteiger partial charge >= 0.3 is 6.09 Å². The van der Waals surface area contributed by atoms with Crippen LogP contribution in [0.5, 0.6) is 0 Å². The Balaban J connectivity index is 2.25. The second kappa shape index (κ2) is 12.9. The zero-order valence-corrected chi connectivity index (χ0v) is 29.4. The van der Waals surface area contributed by atoms with Crippen LogP contribution in [0.4, 0.5) is 10.5 Å². The SMILES string of the molecule is C[Si](C)OC(c1ccc2c(c1)cc(-c1cc([N+](=O)[O-])cn(COCC[Si](C)(C)C)c1=O)n2C(=O)OC(C)(C)C)C(C)(C)C. The van der Waals surface area contributed by atoms with Gasteiger partial charge in [-0.05, 0) is 69.1 Å². The average molecular weight is 629 g/mol. The molecule has 10 nitrogen and oxygen atoms in total. The van der Waals surface area contributed by atoms with Crippen LogP contribution in [0.2, 0.25) is 38.8 Å². The Kier molecular flexibility index (Phi) is 10.3. The van der Waals surface area contributed by atoms with Crippen LogP contribution in [0, 0.1) is 15.5 Å². The lowest BCUT2D eigenvalue weighted by Crippen LogP contribution is -2.29. The fraction of sp³-hybridized carbons (Fsp3) is 0.548. The first-order valence-corrected chi connectivity index (χ1v) is 20.6. The quantitative estimate of drug-likeness (QED) is 0.0972. The minimum Gasteiger partial charge on any atom is -0.443 e. The summed E-state index contributed by atoms with van der Waals surface area (Å²) in [6, 6.07) is 9.50. The average Bonchev–Trinajstić information content (AvgIpc) is 3.22. The minimum absolute atomic E-state index is 0.00263. The van der Waals surface area contributed by atoms with Crippen molar-refractivity contribution in [2.75, 3.05) is 6.61 Å². The fourth-order valence-corrected chi connectivity index (χ4v) is 6.34. The summed E-state index contributed by atoms with van der Waals surface area (Å²) >= 11 is 0. The van der Waals surface area contributed by atoms with E-state index in [9.17, 15) is 19.7 Å². The Hall–Kier alpha value is -3.07. The van der Waals surface area contributed by atoms with Gasteiger partial charge in [0.05, 0.1) is 34.0 Å². The summed E-state index contributed by atoms with van der Waals surface area (Å²) in [6.07, 6.45) is 0.293. The van der Waals surface area contributed by atoms with E-state index in [1.165, 1.54) is 21.4 Å². The van der Waals surface area contributed by atoms with Crippen molar-refractivity contribution in [1.82, 2.24) is 9.13 Å². The van der Waals surface area contributed by atoms with Gasteiger partial charge < -0.3 is 13.9 Å². The lowest BCUT2D eigenvalue weighted by Gasteiger charge is -2.33. The second-order valence-corrected chi connectivity index (χ2v) is 22.1. The molecule has 1 radical (unpaired) electrons. The van der Waals surface area contributed by atoms with Gasteiger partial charge in [-0.1, -0.05) is 46.5 Å². The predicted molar refractivity (Wildman–Crippen MR) is 175 cm³/mol. The van der Waals surface area contributed by atoms with Crippen molar-refractivity contribution >= 4 is 39.8 Å². The number of fused-ring (bicyclic) bond motifs is 1. The first-order chi connectivity index (χ1) is 19.7. The van der Waals surface area contributed by atoms with Gasteiger partial charge in [-0.3, -0.25) is 19.5 Å². The number of pyridine rings is 1. The van der Waals surface area contributed by atoms with Gasteiger partial charge in [0.2, 0.25) is 9.04 Å². The maximum atomic E-state index is 13.8. The highest BCUT2D eigenvalue weighted by Crippen LogP contribution is 2.39. The molecule has 0 saturated carbocycles. The number of hydrogen-bond donors (Lipinski definition) is 0. The Bertz CT molecular complexity index is 1540. The highest BCUT2D eigenvalue weighted by Gasteiger charge is 2.30. The van der Waals surface area contributed by atoms with E-state index >= 15 is 0 Å². The van der Waals surface area contributed by atoms with Crippen molar-refractivity contribution in [3.05, 3.63) is 62.6 Å². The summed E-state index contributed by atoms with van der Waals surface area (Å²) in [7, 11) is -2.41. The van der Waals surface area contributed by atoms with Gasteiger partial charge in [-0.2, -0.15) is 0 Å². The van der Waals surface area contributed by atoms with Gasteiger partial charge in [0.25, 0.3) is 11.2 Å². The Morgan fingerprint density at radius 1 is 1.07 bits per heavy atom. The van der Waals surface area contributed by atoms with Crippen LogP contribution < -0.4 is 5.56 Å². The highest BCUT2D eigenvalue weighted by molar-refractivity contribution is 6.76. The molecule has 0 amide bonds. The van der Waals surface area contributed by atoms with Gasteiger partial charge in [-0.25, -0.2) is 9.36 Å². The van der Waals surface area contributed by atoms with E-state index in [1.807, 2.05) is 18.2 Å². The number of benzene rings is 1. The molecule has 0 spiro atoms. The van der Waals surface area contributed by atoms with Crippen LogP contribution in [0.3, 0.4) is 0 Å². The largest absolute Gasteiger partial charge is 0.443 e. The van der Waals surface area contributed by atoms with Crippen LogP contribution in [-0.2, 0) is 20.6 Å². The molecule has 3 rings (SSSR count). The summed E-state index contributed by atoms with van der Waals surface area (Å²) in [5.41, 5.74) is -0.148. The number of hydrogen-bond acceptors (Lipinski definition) is 7. The van der Waals surface area contributed by atoms with Gasteiger partial charge in [0.1, 0.15) is 12.3 Å². The number of aromatic nitrogens is 2. The Morgan fingerprint density at radius 3 is 2.26 bits per heavy atom. The van der Waals surface area contributed by atoms with Crippen molar-refractivity contribution in [3.8, 4) is 11.3 Å². The number of carbonyl (C=O) groups excluding carboxylic acids is 1. The molecule has 1 atom stereocenters. The van der Waals surface area contributed by atoms with Gasteiger partial charge in [-0.15, -0.1) is 0 Å². The molecular formula is C31H46N3O7Si2. The van der Waals surface area contributed by atoms with Crippen LogP contribution in [0.1, 0.15) is 53.2 Å². The molecule has 0 bridgehead atoms. The molecule has 0 aliphatic rings. The van der Waals surface area contributed by atoms with Crippen LogP contribution in [0.15, 0.2) is 41.3 Å². The molecule has 0 aliphatic heterocycles. The lowest BCUT2D eigenvalue weighted by molar-refractivity contribution is -0.385. The summed E-state index contributed by atoms with van der Waals surface area (Å²) in [6.45, 7) is 22.7. The normalized spacial score (nSPS) is 13.5. The minimum atomic E-state index is -1.38. The molecule has 3 aromatic rings. The summed E-state index contributed by atoms with van der Waals surface area (Å²) in [5.74, 6) is 0. The maximum Gasteiger partial charge on any atom is 0.419 e. The topological polar surface area (TPSA) is 115 Å². The van der Waals surface area contributed by atoms with E-state index in [0.29, 0.717) is 17.5 Å². The van der Waals surface area contributed by atoms with E-state index in [2.05, 4.69) is 53.5 Å². The number of rotatable bonds is 10. The molecule has 1 unspecified atom stereocenters. The third-order valence-corrected chi connectivity index (χ3v) is 9.04. The van der Waals surface area contributed by atoms with Crippen molar-refractivity contribution in [2.24, 2.45) is 5.41 Å². The molecule has 12 heteroatoms. The van der Waals surface area contributed by atoms with Gasteiger partial charge in [0, 0.05) is 26.1 Å². The molecule has 0 aliphatic carbocycles. The van der Waals surface area contributed by atoms with Gasteiger partial charge in [0.15, 0.2) is 0 Å². The molecule has 43 heavy (non-hydrogen) atoms. The van der Waals surface area contributed by atoms with Crippen LogP contribution >= 0.6 is 0 Å². The lowest BCUT2D eigenvalue weighted by atomic mass is 9.84. The zero-order chi connectivity index (χ0) is 32.5. The van der Waals surface area contributed by atoms with Crippen LogP contribution in [0.25, 0.3) is 22.2 Å². The number of carbonyl (C=O) groups is 1. The first kappa shape index (κ1) is 34.4. The predicted octanol–water partition coefficient (Wildman–Crippen LogP) is 7.83. The van der Waals surface area contributed by atoms with Crippen LogP contribution in [-0.4, -0.2) is 49.5 Å². The van der Waals surface area contributed by atoms with Crippen molar-refractivity contribution in [3.63, 3.8) is 0 Å². The maximum absolute atomic E-state index is 13.8. The van der Waals surface area contributed by atoms with E-state index in [-0.39, 0.29) is 35.2 Å². The number of nitrogens with zero attached hydrogens (tertiary/aromatic N) is 3. The Labute approximate surface area is 256 Å².